The highest BCUT2D eigenvalue weighted by atomic mass is 16.5. The summed E-state index contributed by atoms with van der Waals surface area (Å²) >= 11 is 0. The fraction of sp³-hybridized carbons (Fsp3) is 0.320. The van der Waals surface area contributed by atoms with Crippen LogP contribution in [0.1, 0.15) is 20.8 Å². The number of carbonyl (C=O) groups excluding carboxylic acids is 2. The fourth-order valence-corrected chi connectivity index (χ4v) is 3.44. The molecule has 0 spiro atoms. The number of ether oxygens (including phenoxy) is 2. The van der Waals surface area contributed by atoms with Gasteiger partial charge in [0.15, 0.2) is 11.5 Å². The van der Waals surface area contributed by atoms with Crippen LogP contribution in [0.5, 0.6) is 11.5 Å². The van der Waals surface area contributed by atoms with Gasteiger partial charge in [-0.25, -0.2) is 4.98 Å². The lowest BCUT2D eigenvalue weighted by Crippen LogP contribution is -2.40. The minimum atomic E-state index is -0.321. The second-order valence-electron chi connectivity index (χ2n) is 7.78. The summed E-state index contributed by atoms with van der Waals surface area (Å²) in [7, 11) is 3.14. The summed E-state index contributed by atoms with van der Waals surface area (Å²) in [6.45, 7) is 5.89. The van der Waals surface area contributed by atoms with E-state index in [9.17, 15) is 9.59 Å². The molecule has 0 aliphatic heterocycles. The van der Waals surface area contributed by atoms with Crippen LogP contribution in [0.25, 0.3) is 16.9 Å². The molecule has 3 rings (SSSR count). The van der Waals surface area contributed by atoms with Crippen molar-refractivity contribution in [3.8, 4) is 28.4 Å². The molecule has 0 radical (unpaired) electrons. The maximum absolute atomic E-state index is 12.9. The molecule has 0 aliphatic rings. The van der Waals surface area contributed by atoms with Gasteiger partial charge in [0.2, 0.25) is 17.8 Å². The lowest BCUT2D eigenvalue weighted by atomic mass is 10.2. The highest BCUT2D eigenvalue weighted by Crippen LogP contribution is 2.31. The predicted octanol–water partition coefficient (Wildman–Crippen LogP) is 4.00. The monoisotopic (exact) mass is 450 g/mol. The Balaban J connectivity index is 1.97. The molecular weight excluding hydrogens is 420 g/mol. The van der Waals surface area contributed by atoms with E-state index in [-0.39, 0.29) is 24.3 Å². The third kappa shape index (κ3) is 5.52. The molecule has 0 aliphatic carbocycles. The number of hydrogen-bond acceptors (Lipinski definition) is 5. The van der Waals surface area contributed by atoms with Crippen LogP contribution in [-0.2, 0) is 9.59 Å². The van der Waals surface area contributed by atoms with Crippen LogP contribution in [0.2, 0.25) is 0 Å². The van der Waals surface area contributed by atoms with E-state index in [0.717, 1.165) is 11.3 Å². The normalized spacial score (nSPS) is 10.7. The van der Waals surface area contributed by atoms with Crippen molar-refractivity contribution in [3.63, 3.8) is 0 Å². The van der Waals surface area contributed by atoms with Gasteiger partial charge in [0.05, 0.1) is 32.1 Å². The number of anilines is 1. The van der Waals surface area contributed by atoms with Crippen molar-refractivity contribution >= 4 is 17.8 Å². The molecule has 3 aromatic rings. The maximum Gasteiger partial charge on any atom is 0.246 e. The van der Waals surface area contributed by atoms with Crippen LogP contribution in [0, 0.1) is 5.92 Å². The van der Waals surface area contributed by atoms with E-state index in [2.05, 4.69) is 10.3 Å². The second-order valence-corrected chi connectivity index (χ2v) is 7.78. The fourth-order valence-electron chi connectivity index (χ4n) is 3.44. The van der Waals surface area contributed by atoms with Crippen LogP contribution >= 0.6 is 0 Å². The molecule has 0 unspecified atom stereocenters. The molecule has 1 N–H and O–H groups in total. The SMILES string of the molecule is CCN(CC(=O)Nc1nc(-c2ccccc2)cn1-c1ccc(OC)c(OC)c1)C(=O)C(C)C. The molecule has 8 heteroatoms. The van der Waals surface area contributed by atoms with Crippen molar-refractivity contribution in [1.82, 2.24) is 14.5 Å². The van der Waals surface area contributed by atoms with Gasteiger partial charge in [-0.3, -0.25) is 19.5 Å². The summed E-state index contributed by atoms with van der Waals surface area (Å²) in [5, 5.41) is 2.87. The van der Waals surface area contributed by atoms with Crippen molar-refractivity contribution < 1.29 is 19.1 Å². The third-order valence-electron chi connectivity index (χ3n) is 5.19. The van der Waals surface area contributed by atoms with E-state index in [0.29, 0.717) is 29.7 Å². The first-order chi connectivity index (χ1) is 15.9. The number of nitrogens with one attached hydrogen (secondary N) is 1. The highest BCUT2D eigenvalue weighted by molar-refractivity contribution is 5.94. The van der Waals surface area contributed by atoms with E-state index < -0.39 is 0 Å². The first kappa shape index (κ1) is 23.8. The number of amides is 2. The zero-order valence-corrected chi connectivity index (χ0v) is 19.7. The van der Waals surface area contributed by atoms with Crippen molar-refractivity contribution in [2.24, 2.45) is 5.92 Å². The van der Waals surface area contributed by atoms with Crippen LogP contribution < -0.4 is 14.8 Å². The number of carbonyl (C=O) groups is 2. The first-order valence-corrected chi connectivity index (χ1v) is 10.8. The topological polar surface area (TPSA) is 85.7 Å². The molecule has 0 fully saturated rings. The average Bonchev–Trinajstić information content (AvgIpc) is 3.25. The average molecular weight is 451 g/mol. The van der Waals surface area contributed by atoms with Gasteiger partial charge in [-0.15, -0.1) is 0 Å². The zero-order valence-electron chi connectivity index (χ0n) is 19.7. The van der Waals surface area contributed by atoms with Crippen molar-refractivity contribution in [3.05, 3.63) is 54.7 Å². The molecule has 2 amide bonds. The smallest absolute Gasteiger partial charge is 0.246 e. The molecule has 1 aromatic heterocycles. The Morgan fingerprint density at radius 1 is 1.06 bits per heavy atom. The molecule has 0 saturated carbocycles. The maximum atomic E-state index is 12.9. The third-order valence-corrected chi connectivity index (χ3v) is 5.19. The molecule has 1 heterocycles. The standard InChI is InChI=1S/C25H30N4O4/c1-6-28(24(31)17(2)3)16-23(30)27-25-26-20(18-10-8-7-9-11-18)15-29(25)19-12-13-21(32-4)22(14-19)33-5/h7-15,17H,6,16H2,1-5H3,(H,26,27,30). The largest absolute Gasteiger partial charge is 0.493 e. The van der Waals surface area contributed by atoms with Crippen LogP contribution in [0.3, 0.4) is 0 Å². The Bertz CT molecular complexity index is 1110. The summed E-state index contributed by atoms with van der Waals surface area (Å²) in [6.07, 6.45) is 1.85. The van der Waals surface area contributed by atoms with E-state index in [1.165, 1.54) is 4.90 Å². The Labute approximate surface area is 194 Å². The molecule has 0 bridgehead atoms. The number of aromatic nitrogens is 2. The van der Waals surface area contributed by atoms with Gasteiger partial charge in [-0.2, -0.15) is 0 Å². The predicted molar refractivity (Wildman–Crippen MR) is 128 cm³/mol. The molecule has 8 nitrogen and oxygen atoms in total. The molecule has 174 valence electrons. The van der Waals surface area contributed by atoms with Gasteiger partial charge in [0.1, 0.15) is 0 Å². The second kappa shape index (κ2) is 10.7. The minimum Gasteiger partial charge on any atom is -0.493 e. The lowest BCUT2D eigenvalue weighted by Gasteiger charge is -2.22. The zero-order chi connectivity index (χ0) is 24.0. The van der Waals surface area contributed by atoms with E-state index in [1.807, 2.05) is 69.4 Å². The van der Waals surface area contributed by atoms with Crippen molar-refractivity contribution in [2.75, 3.05) is 32.6 Å². The quantitative estimate of drug-likeness (QED) is 0.533. The first-order valence-electron chi connectivity index (χ1n) is 10.8. The van der Waals surface area contributed by atoms with E-state index in [4.69, 9.17) is 9.47 Å². The van der Waals surface area contributed by atoms with Gasteiger partial charge in [-0.05, 0) is 19.1 Å². The number of benzene rings is 2. The molecule has 2 aromatic carbocycles. The Hall–Kier alpha value is -3.81. The summed E-state index contributed by atoms with van der Waals surface area (Å²) < 4.78 is 12.6. The number of methoxy groups -OCH3 is 2. The van der Waals surface area contributed by atoms with E-state index in [1.54, 1.807) is 24.9 Å². The summed E-state index contributed by atoms with van der Waals surface area (Å²) in [5.41, 5.74) is 2.35. The van der Waals surface area contributed by atoms with Gasteiger partial charge < -0.3 is 14.4 Å². The number of nitrogens with zero attached hydrogens (tertiary/aromatic N) is 3. The number of hydrogen-bond donors (Lipinski definition) is 1. The van der Waals surface area contributed by atoms with Gasteiger partial charge in [-0.1, -0.05) is 44.2 Å². The molecule has 0 atom stereocenters. The van der Waals surface area contributed by atoms with Crippen LogP contribution in [0.4, 0.5) is 5.95 Å². The van der Waals surface area contributed by atoms with E-state index >= 15 is 0 Å². The van der Waals surface area contributed by atoms with Crippen LogP contribution in [0.15, 0.2) is 54.7 Å². The summed E-state index contributed by atoms with van der Waals surface area (Å²) in [6, 6.07) is 15.2. The van der Waals surface area contributed by atoms with Gasteiger partial charge >= 0.3 is 0 Å². The van der Waals surface area contributed by atoms with Crippen LogP contribution in [-0.4, -0.2) is 53.6 Å². The molecular formula is C25H30N4O4. The Kier molecular flexibility index (Phi) is 7.71. The van der Waals surface area contributed by atoms with Gasteiger partial charge in [0.25, 0.3) is 0 Å². The molecule has 0 saturated heterocycles. The van der Waals surface area contributed by atoms with Crippen molar-refractivity contribution in [2.45, 2.75) is 20.8 Å². The highest BCUT2D eigenvalue weighted by Gasteiger charge is 2.20. The summed E-state index contributed by atoms with van der Waals surface area (Å²) in [4.78, 5) is 31.4. The lowest BCUT2D eigenvalue weighted by molar-refractivity contribution is -0.137. The number of likely N-dealkylation sites (N-methyl/N-ethyl adjacent to an activating group) is 1. The Morgan fingerprint density at radius 3 is 2.36 bits per heavy atom. The number of rotatable bonds is 9. The number of imidazole rings is 1. The molecule has 33 heavy (non-hydrogen) atoms. The minimum absolute atomic E-state index is 0.0486. The van der Waals surface area contributed by atoms with Crippen molar-refractivity contribution in [1.29, 1.82) is 0 Å². The van der Waals surface area contributed by atoms with Gasteiger partial charge in [0, 0.05) is 30.3 Å². The summed E-state index contributed by atoms with van der Waals surface area (Å²) in [5.74, 6) is 0.928. The Morgan fingerprint density at radius 2 is 1.76 bits per heavy atom.